The lowest BCUT2D eigenvalue weighted by Gasteiger charge is -2.33. The second kappa shape index (κ2) is 11.6. The summed E-state index contributed by atoms with van der Waals surface area (Å²) in [7, 11) is 3.21. The van der Waals surface area contributed by atoms with Crippen molar-refractivity contribution in [1.82, 2.24) is 19.4 Å². The summed E-state index contributed by atoms with van der Waals surface area (Å²) in [5.41, 5.74) is 2.20. The number of likely N-dealkylation sites (N-methyl/N-ethyl adjacent to an activating group) is 1. The van der Waals surface area contributed by atoms with Gasteiger partial charge in [0, 0.05) is 33.8 Å². The molecule has 0 aliphatic carbocycles. The molecule has 37 heavy (non-hydrogen) atoms. The minimum Gasteiger partial charge on any atom is -0.372 e. The molecule has 2 amide bonds. The first-order valence-corrected chi connectivity index (χ1v) is 12.9. The molecule has 1 aliphatic heterocycles. The normalized spacial score (nSPS) is 15.1. The van der Waals surface area contributed by atoms with Crippen molar-refractivity contribution < 1.29 is 14.3 Å². The molecule has 1 aromatic heterocycles. The van der Waals surface area contributed by atoms with Crippen molar-refractivity contribution >= 4 is 45.9 Å². The van der Waals surface area contributed by atoms with Gasteiger partial charge in [0.2, 0.25) is 5.91 Å². The van der Waals surface area contributed by atoms with Crippen LogP contribution in [-0.2, 0) is 27.4 Å². The lowest BCUT2D eigenvalue weighted by molar-refractivity contribution is -0.142. The number of ether oxygens (including phenoxy) is 1. The number of halogens is 2. The van der Waals surface area contributed by atoms with Gasteiger partial charge in [-0.3, -0.25) is 19.0 Å². The van der Waals surface area contributed by atoms with Gasteiger partial charge in [-0.25, -0.2) is 4.98 Å². The molecule has 1 atom stereocenters. The predicted octanol–water partition coefficient (Wildman–Crippen LogP) is 4.10. The number of likely N-dealkylation sites (tertiary alicyclic amines) is 1. The topological polar surface area (TPSA) is 84.7 Å². The van der Waals surface area contributed by atoms with Crippen molar-refractivity contribution in [3.05, 3.63) is 74.3 Å². The predicted molar refractivity (Wildman–Crippen MR) is 144 cm³/mol. The van der Waals surface area contributed by atoms with E-state index in [1.807, 2.05) is 29.2 Å². The largest absolute Gasteiger partial charge is 0.372 e. The summed E-state index contributed by atoms with van der Waals surface area (Å²) in [5.74, 6) is 0.00599. The van der Waals surface area contributed by atoms with E-state index in [0.717, 1.165) is 24.0 Å². The molecule has 2 heterocycles. The molecule has 0 spiro atoms. The second-order valence-electron chi connectivity index (χ2n) is 9.43. The monoisotopic (exact) mass is 544 g/mol. The van der Waals surface area contributed by atoms with E-state index in [4.69, 9.17) is 27.9 Å². The number of piperidine rings is 1. The highest BCUT2D eigenvalue weighted by molar-refractivity contribution is 6.42. The van der Waals surface area contributed by atoms with Gasteiger partial charge < -0.3 is 14.5 Å². The summed E-state index contributed by atoms with van der Waals surface area (Å²) in [6.07, 6.45) is 2.57. The van der Waals surface area contributed by atoms with E-state index < -0.39 is 6.10 Å². The Bertz CT molecular complexity index is 1370. The Hall–Kier alpha value is -2.94. The van der Waals surface area contributed by atoms with E-state index in [2.05, 4.69) is 4.98 Å². The highest BCUT2D eigenvalue weighted by Crippen LogP contribution is 2.29. The van der Waals surface area contributed by atoms with Crippen LogP contribution in [0.4, 0.5) is 0 Å². The standard InChI is InChI=1S/C27H30Cl2N4O4/c1-17(37-3)26(35)32-10-8-19(9-11-32)20-5-7-24-21(13-20)27(36)33(16-30-24)15-25(34)31(2)14-18-4-6-22(28)23(29)12-18/h4-7,12-13,16-17,19H,8-11,14-15H2,1-3H3/t17-/m0/s1. The van der Waals surface area contributed by atoms with Crippen molar-refractivity contribution in [3.63, 3.8) is 0 Å². The maximum atomic E-state index is 13.3. The van der Waals surface area contributed by atoms with Crippen LogP contribution in [0, 0.1) is 0 Å². The molecule has 4 rings (SSSR count). The van der Waals surface area contributed by atoms with E-state index in [-0.39, 0.29) is 29.8 Å². The highest BCUT2D eigenvalue weighted by Gasteiger charge is 2.27. The number of aromatic nitrogens is 2. The maximum absolute atomic E-state index is 13.3. The average Bonchev–Trinajstić information content (AvgIpc) is 2.91. The summed E-state index contributed by atoms with van der Waals surface area (Å²) in [6, 6.07) is 10.9. The van der Waals surface area contributed by atoms with Crippen molar-refractivity contribution in [2.24, 2.45) is 0 Å². The van der Waals surface area contributed by atoms with Gasteiger partial charge in [-0.05, 0) is 61.1 Å². The van der Waals surface area contributed by atoms with Gasteiger partial charge in [0.25, 0.3) is 11.5 Å². The molecule has 3 aromatic rings. The van der Waals surface area contributed by atoms with Crippen LogP contribution in [0.1, 0.15) is 36.8 Å². The SMILES string of the molecule is CO[C@@H](C)C(=O)N1CCC(c2ccc3ncn(CC(=O)N(C)Cc4ccc(Cl)c(Cl)c4)c(=O)c3c2)CC1. The van der Waals surface area contributed by atoms with Crippen LogP contribution >= 0.6 is 23.2 Å². The molecule has 1 saturated heterocycles. The summed E-state index contributed by atoms with van der Waals surface area (Å²) in [6.45, 7) is 3.26. The van der Waals surface area contributed by atoms with Gasteiger partial charge in [0.1, 0.15) is 12.6 Å². The number of benzene rings is 2. The molecule has 0 N–H and O–H groups in total. The van der Waals surface area contributed by atoms with Gasteiger partial charge in [0.05, 0.1) is 27.3 Å². The quantitative estimate of drug-likeness (QED) is 0.447. The first-order chi connectivity index (χ1) is 17.7. The van der Waals surface area contributed by atoms with Crippen LogP contribution in [0.15, 0.2) is 47.5 Å². The molecule has 0 bridgehead atoms. The zero-order valence-electron chi connectivity index (χ0n) is 21.1. The molecule has 196 valence electrons. The summed E-state index contributed by atoms with van der Waals surface area (Å²) < 4.78 is 6.50. The average molecular weight is 545 g/mol. The maximum Gasteiger partial charge on any atom is 0.261 e. The molecular weight excluding hydrogens is 515 g/mol. The number of rotatable bonds is 7. The first-order valence-electron chi connectivity index (χ1n) is 12.2. The minimum atomic E-state index is -0.451. The molecule has 0 radical (unpaired) electrons. The zero-order chi connectivity index (χ0) is 26.7. The van der Waals surface area contributed by atoms with Gasteiger partial charge in [-0.2, -0.15) is 0 Å². The Kier molecular flexibility index (Phi) is 8.52. The van der Waals surface area contributed by atoms with Gasteiger partial charge in [0.15, 0.2) is 0 Å². The van der Waals surface area contributed by atoms with E-state index in [1.54, 1.807) is 26.1 Å². The fourth-order valence-electron chi connectivity index (χ4n) is 4.60. The second-order valence-corrected chi connectivity index (χ2v) is 10.2. The summed E-state index contributed by atoms with van der Waals surface area (Å²) in [4.78, 5) is 46.3. The Morgan fingerprint density at radius 1 is 1.14 bits per heavy atom. The van der Waals surface area contributed by atoms with E-state index in [9.17, 15) is 14.4 Å². The molecule has 0 saturated carbocycles. The third-order valence-electron chi connectivity index (χ3n) is 6.96. The lowest BCUT2D eigenvalue weighted by atomic mass is 9.88. The molecular formula is C27H30Cl2N4O4. The summed E-state index contributed by atoms with van der Waals surface area (Å²) >= 11 is 12.1. The lowest BCUT2D eigenvalue weighted by Crippen LogP contribution is -2.43. The van der Waals surface area contributed by atoms with Crippen LogP contribution < -0.4 is 5.56 Å². The third-order valence-corrected chi connectivity index (χ3v) is 7.70. The Morgan fingerprint density at radius 2 is 1.86 bits per heavy atom. The number of carbonyl (C=O) groups excluding carboxylic acids is 2. The van der Waals surface area contributed by atoms with Gasteiger partial charge >= 0.3 is 0 Å². The zero-order valence-corrected chi connectivity index (χ0v) is 22.6. The number of methoxy groups -OCH3 is 1. The van der Waals surface area contributed by atoms with Crippen molar-refractivity contribution in [2.75, 3.05) is 27.2 Å². The number of nitrogens with zero attached hydrogens (tertiary/aromatic N) is 4. The Labute approximate surface area is 225 Å². The molecule has 10 heteroatoms. The Morgan fingerprint density at radius 3 is 2.54 bits per heavy atom. The number of fused-ring (bicyclic) bond motifs is 1. The summed E-state index contributed by atoms with van der Waals surface area (Å²) in [5, 5.41) is 1.35. The molecule has 1 fully saturated rings. The van der Waals surface area contributed by atoms with Crippen molar-refractivity contribution in [3.8, 4) is 0 Å². The van der Waals surface area contributed by atoms with E-state index >= 15 is 0 Å². The molecule has 1 aliphatic rings. The first kappa shape index (κ1) is 27.1. The fourth-order valence-corrected chi connectivity index (χ4v) is 4.92. The van der Waals surface area contributed by atoms with E-state index in [0.29, 0.717) is 40.6 Å². The highest BCUT2D eigenvalue weighted by atomic mass is 35.5. The Balaban J connectivity index is 1.46. The molecule has 8 nitrogen and oxygen atoms in total. The van der Waals surface area contributed by atoms with Crippen molar-refractivity contribution in [2.45, 2.75) is 44.9 Å². The van der Waals surface area contributed by atoms with Gasteiger partial charge in [-0.1, -0.05) is 35.3 Å². The smallest absolute Gasteiger partial charge is 0.261 e. The van der Waals surface area contributed by atoms with Crippen LogP contribution in [0.5, 0.6) is 0 Å². The fraction of sp³-hybridized carbons (Fsp3) is 0.407. The van der Waals surface area contributed by atoms with Crippen LogP contribution in [0.25, 0.3) is 10.9 Å². The number of hydrogen-bond acceptors (Lipinski definition) is 5. The molecule has 2 aromatic carbocycles. The third kappa shape index (κ3) is 6.14. The number of amides is 2. The molecule has 0 unspecified atom stereocenters. The van der Waals surface area contributed by atoms with Crippen LogP contribution in [-0.4, -0.2) is 64.5 Å². The number of carbonyl (C=O) groups is 2. The van der Waals surface area contributed by atoms with Gasteiger partial charge in [-0.15, -0.1) is 0 Å². The minimum absolute atomic E-state index is 0.000317. The van der Waals surface area contributed by atoms with E-state index in [1.165, 1.54) is 22.9 Å². The number of hydrogen-bond donors (Lipinski definition) is 0. The van der Waals surface area contributed by atoms with Crippen molar-refractivity contribution in [1.29, 1.82) is 0 Å². The van der Waals surface area contributed by atoms with Crippen LogP contribution in [0.2, 0.25) is 10.0 Å². The van der Waals surface area contributed by atoms with Crippen LogP contribution in [0.3, 0.4) is 0 Å².